The zero-order valence-corrected chi connectivity index (χ0v) is 11.4. The van der Waals surface area contributed by atoms with Gasteiger partial charge in [0.25, 0.3) is 0 Å². The lowest BCUT2D eigenvalue weighted by Crippen LogP contribution is -1.95. The predicted molar refractivity (Wildman–Crippen MR) is 76.0 cm³/mol. The van der Waals surface area contributed by atoms with E-state index in [9.17, 15) is 9.50 Å². The third kappa shape index (κ3) is 1.89. The van der Waals surface area contributed by atoms with Crippen LogP contribution in [0, 0.1) is 19.7 Å². The van der Waals surface area contributed by atoms with Crippen molar-refractivity contribution in [1.82, 2.24) is 9.38 Å². The van der Waals surface area contributed by atoms with Gasteiger partial charge < -0.3 is 5.11 Å². The number of halogens is 1. The van der Waals surface area contributed by atoms with E-state index in [2.05, 4.69) is 4.98 Å². The summed E-state index contributed by atoms with van der Waals surface area (Å²) >= 11 is 0. The molecular formula is C16H15FN2O. The molecule has 0 unspecified atom stereocenters. The molecule has 102 valence electrons. The van der Waals surface area contributed by atoms with E-state index in [1.54, 1.807) is 16.7 Å². The fraction of sp³-hybridized carbons (Fsp3) is 0.188. The van der Waals surface area contributed by atoms with Gasteiger partial charge in [0.05, 0.1) is 18.0 Å². The van der Waals surface area contributed by atoms with Gasteiger partial charge in [0.1, 0.15) is 0 Å². The Morgan fingerprint density at radius 2 is 2.00 bits per heavy atom. The van der Waals surface area contributed by atoms with Crippen LogP contribution in [0.3, 0.4) is 0 Å². The zero-order chi connectivity index (χ0) is 14.3. The molecule has 0 aliphatic rings. The Balaban J connectivity index is 2.30. The molecule has 3 nitrogen and oxygen atoms in total. The highest BCUT2D eigenvalue weighted by atomic mass is 19.1. The second-order valence-electron chi connectivity index (χ2n) is 4.91. The largest absolute Gasteiger partial charge is 0.390 e. The second kappa shape index (κ2) is 4.72. The van der Waals surface area contributed by atoms with Crippen LogP contribution in [-0.2, 0) is 6.61 Å². The summed E-state index contributed by atoms with van der Waals surface area (Å²) in [7, 11) is 0. The second-order valence-corrected chi connectivity index (χ2v) is 4.91. The van der Waals surface area contributed by atoms with Crippen molar-refractivity contribution in [3.05, 3.63) is 59.2 Å². The number of pyridine rings is 1. The smallest absolute Gasteiger partial charge is 0.174 e. The van der Waals surface area contributed by atoms with Crippen LogP contribution in [0.4, 0.5) is 4.39 Å². The fourth-order valence-corrected chi connectivity index (χ4v) is 2.35. The zero-order valence-electron chi connectivity index (χ0n) is 11.4. The van der Waals surface area contributed by atoms with Crippen molar-refractivity contribution in [3.63, 3.8) is 0 Å². The van der Waals surface area contributed by atoms with Gasteiger partial charge in [-0.05, 0) is 43.2 Å². The topological polar surface area (TPSA) is 37.5 Å². The first-order chi connectivity index (χ1) is 9.61. The molecule has 20 heavy (non-hydrogen) atoms. The van der Waals surface area contributed by atoms with Crippen LogP contribution in [0.1, 0.15) is 16.8 Å². The van der Waals surface area contributed by atoms with Crippen molar-refractivity contribution < 1.29 is 9.50 Å². The molecule has 0 aliphatic heterocycles. The third-order valence-electron chi connectivity index (χ3n) is 3.63. The quantitative estimate of drug-likeness (QED) is 0.776. The van der Waals surface area contributed by atoms with Crippen molar-refractivity contribution in [1.29, 1.82) is 0 Å². The van der Waals surface area contributed by atoms with Gasteiger partial charge in [-0.25, -0.2) is 9.37 Å². The Bertz CT molecular complexity index is 793. The van der Waals surface area contributed by atoms with Crippen LogP contribution in [0.5, 0.6) is 0 Å². The van der Waals surface area contributed by atoms with E-state index in [4.69, 9.17) is 0 Å². The minimum atomic E-state index is -0.391. The summed E-state index contributed by atoms with van der Waals surface area (Å²) in [5, 5.41) is 9.60. The van der Waals surface area contributed by atoms with Crippen molar-refractivity contribution >= 4 is 5.65 Å². The van der Waals surface area contributed by atoms with E-state index in [1.807, 2.05) is 32.0 Å². The monoisotopic (exact) mass is 270 g/mol. The summed E-state index contributed by atoms with van der Waals surface area (Å²) in [6.45, 7) is 3.87. The normalized spacial score (nSPS) is 11.2. The van der Waals surface area contributed by atoms with Crippen molar-refractivity contribution in [2.45, 2.75) is 20.5 Å². The molecule has 2 heterocycles. The Morgan fingerprint density at radius 1 is 1.20 bits per heavy atom. The van der Waals surface area contributed by atoms with E-state index in [-0.39, 0.29) is 12.3 Å². The Labute approximate surface area is 116 Å². The molecular weight excluding hydrogens is 255 g/mol. The average Bonchev–Trinajstić information content (AvgIpc) is 2.82. The number of rotatable bonds is 2. The summed E-state index contributed by atoms with van der Waals surface area (Å²) in [6, 6.07) is 8.93. The number of hydrogen-bond donors (Lipinski definition) is 1. The van der Waals surface area contributed by atoms with Crippen LogP contribution in [0.25, 0.3) is 16.9 Å². The van der Waals surface area contributed by atoms with Crippen LogP contribution < -0.4 is 0 Å². The summed E-state index contributed by atoms with van der Waals surface area (Å²) in [5.74, 6) is -0.391. The highest BCUT2D eigenvalue weighted by molar-refractivity contribution is 5.67. The van der Waals surface area contributed by atoms with Gasteiger partial charge in [0.2, 0.25) is 0 Å². The van der Waals surface area contributed by atoms with Crippen LogP contribution in [0.2, 0.25) is 0 Å². The number of aliphatic hydroxyl groups excluding tert-OH is 1. The maximum Gasteiger partial charge on any atom is 0.174 e. The standard InChI is InChI=1S/C16H15FN2O/c1-10-5-6-12(8-11(10)2)15-14(9-20)19-7-3-4-13(17)16(19)18-15/h3-8,20H,9H2,1-2H3. The van der Waals surface area contributed by atoms with Crippen LogP contribution >= 0.6 is 0 Å². The number of aryl methyl sites for hydroxylation is 2. The number of aliphatic hydroxyl groups is 1. The third-order valence-corrected chi connectivity index (χ3v) is 3.63. The highest BCUT2D eigenvalue weighted by Gasteiger charge is 2.15. The molecule has 0 aliphatic carbocycles. The number of fused-ring (bicyclic) bond motifs is 1. The first kappa shape index (κ1) is 12.8. The minimum absolute atomic E-state index is 0.188. The van der Waals surface area contributed by atoms with Gasteiger partial charge >= 0.3 is 0 Å². The summed E-state index contributed by atoms with van der Waals surface area (Å²) in [6.07, 6.45) is 1.71. The Kier molecular flexibility index (Phi) is 3.03. The molecule has 0 atom stereocenters. The molecule has 4 heteroatoms. The molecule has 0 bridgehead atoms. The lowest BCUT2D eigenvalue weighted by atomic mass is 10.0. The molecule has 0 amide bonds. The number of nitrogens with zero attached hydrogens (tertiary/aromatic N) is 2. The molecule has 0 saturated carbocycles. The van der Waals surface area contributed by atoms with Crippen LogP contribution in [-0.4, -0.2) is 14.5 Å². The molecule has 1 N–H and O–H groups in total. The number of imidazole rings is 1. The van der Waals surface area contributed by atoms with Gasteiger partial charge in [0.15, 0.2) is 11.5 Å². The lowest BCUT2D eigenvalue weighted by molar-refractivity contribution is 0.276. The first-order valence-corrected chi connectivity index (χ1v) is 6.45. The van der Waals surface area contributed by atoms with Crippen molar-refractivity contribution in [2.24, 2.45) is 0 Å². The summed E-state index contributed by atoms with van der Waals surface area (Å²) in [4.78, 5) is 4.35. The number of benzene rings is 1. The predicted octanol–water partition coefficient (Wildman–Crippen LogP) is 3.25. The maximum atomic E-state index is 13.8. The number of aromatic nitrogens is 2. The van der Waals surface area contributed by atoms with E-state index >= 15 is 0 Å². The molecule has 0 fully saturated rings. The van der Waals surface area contributed by atoms with Crippen molar-refractivity contribution in [3.8, 4) is 11.3 Å². The van der Waals surface area contributed by atoms with E-state index in [0.29, 0.717) is 11.4 Å². The molecule has 1 aromatic carbocycles. The van der Waals surface area contributed by atoms with E-state index in [0.717, 1.165) is 11.1 Å². The van der Waals surface area contributed by atoms with Crippen molar-refractivity contribution in [2.75, 3.05) is 0 Å². The average molecular weight is 270 g/mol. The fourth-order valence-electron chi connectivity index (χ4n) is 2.35. The van der Waals surface area contributed by atoms with Gasteiger partial charge in [-0.3, -0.25) is 4.40 Å². The van der Waals surface area contributed by atoms with Crippen LogP contribution in [0.15, 0.2) is 36.5 Å². The SMILES string of the molecule is Cc1ccc(-c2nc3c(F)cccn3c2CO)cc1C. The molecule has 0 spiro atoms. The Hall–Kier alpha value is -2.20. The molecule has 0 saturated heterocycles. The number of hydrogen-bond acceptors (Lipinski definition) is 2. The lowest BCUT2D eigenvalue weighted by Gasteiger charge is -2.05. The van der Waals surface area contributed by atoms with Gasteiger partial charge in [-0.15, -0.1) is 0 Å². The summed E-state index contributed by atoms with van der Waals surface area (Å²) in [5.41, 5.74) is 4.69. The molecule has 3 rings (SSSR count). The maximum absolute atomic E-state index is 13.8. The molecule has 0 radical (unpaired) electrons. The minimum Gasteiger partial charge on any atom is -0.390 e. The van der Waals surface area contributed by atoms with E-state index in [1.165, 1.54) is 11.6 Å². The Morgan fingerprint density at radius 3 is 2.70 bits per heavy atom. The van der Waals surface area contributed by atoms with Gasteiger partial charge in [-0.1, -0.05) is 12.1 Å². The molecule has 3 aromatic rings. The summed E-state index contributed by atoms with van der Waals surface area (Å²) < 4.78 is 15.4. The van der Waals surface area contributed by atoms with Gasteiger partial charge in [-0.2, -0.15) is 0 Å². The van der Waals surface area contributed by atoms with Gasteiger partial charge in [0, 0.05) is 11.8 Å². The highest BCUT2D eigenvalue weighted by Crippen LogP contribution is 2.27. The first-order valence-electron chi connectivity index (χ1n) is 6.45. The molecule has 2 aromatic heterocycles. The van der Waals surface area contributed by atoms with E-state index < -0.39 is 5.82 Å².